The van der Waals surface area contributed by atoms with E-state index in [9.17, 15) is 28.8 Å². The normalized spacial score (nSPS) is 20.3. The van der Waals surface area contributed by atoms with Gasteiger partial charge in [-0.1, -0.05) is 63.9 Å². The van der Waals surface area contributed by atoms with Gasteiger partial charge in [0.1, 0.15) is 29.6 Å². The molecular formula is C30H41Cl2N5O7. The number of nitrogens with one attached hydrogen (secondary N) is 3. The van der Waals surface area contributed by atoms with Gasteiger partial charge in [-0.05, 0) is 36.7 Å². The Balaban J connectivity index is 1.69. The van der Waals surface area contributed by atoms with Crippen molar-refractivity contribution in [2.45, 2.75) is 82.4 Å². The van der Waals surface area contributed by atoms with Crippen LogP contribution in [0.15, 0.2) is 30.3 Å². The number of amides is 5. The SMILES string of the molecule is C[C@H](OC(=O)CNC(=O)NC(C(=O)N1C[C@H](C(Cl)Cl)CC1C(=O)NC(CC1CC1)C(=O)C(N)=O)C(C)(C)C)c1ccccc1. The van der Waals surface area contributed by atoms with Crippen LogP contribution in [-0.4, -0.2) is 76.5 Å². The molecule has 0 radical (unpaired) electrons. The molecule has 0 aromatic heterocycles. The third-order valence-corrected chi connectivity index (χ3v) is 8.49. The number of rotatable bonds is 13. The molecule has 1 heterocycles. The molecule has 1 saturated heterocycles. The van der Waals surface area contributed by atoms with E-state index in [1.54, 1.807) is 27.7 Å². The van der Waals surface area contributed by atoms with Crippen LogP contribution >= 0.6 is 23.2 Å². The lowest BCUT2D eigenvalue weighted by Gasteiger charge is -2.35. The summed E-state index contributed by atoms with van der Waals surface area (Å²) in [6, 6.07) is 5.00. The van der Waals surface area contributed by atoms with Crippen molar-refractivity contribution < 1.29 is 33.5 Å². The fraction of sp³-hybridized carbons (Fsp3) is 0.600. The summed E-state index contributed by atoms with van der Waals surface area (Å²) in [5.41, 5.74) is 5.18. The van der Waals surface area contributed by atoms with E-state index in [0.717, 1.165) is 18.4 Å². The van der Waals surface area contributed by atoms with Crippen LogP contribution in [0.1, 0.15) is 65.0 Å². The summed E-state index contributed by atoms with van der Waals surface area (Å²) in [4.78, 5) is 77.1. The largest absolute Gasteiger partial charge is 0.456 e. The molecule has 0 spiro atoms. The summed E-state index contributed by atoms with van der Waals surface area (Å²) in [6.07, 6.45) is 1.59. The van der Waals surface area contributed by atoms with Gasteiger partial charge >= 0.3 is 12.0 Å². The van der Waals surface area contributed by atoms with Gasteiger partial charge in [0.05, 0.1) is 6.04 Å². The minimum Gasteiger partial charge on any atom is -0.456 e. The molecule has 3 unspecified atom stereocenters. The Morgan fingerprint density at radius 2 is 1.68 bits per heavy atom. The van der Waals surface area contributed by atoms with Gasteiger partial charge in [0, 0.05) is 12.5 Å². The number of urea groups is 1. The second-order valence-corrected chi connectivity index (χ2v) is 13.6. The number of carbonyl (C=O) groups excluding carboxylic acids is 6. The van der Waals surface area contributed by atoms with Crippen LogP contribution in [-0.2, 0) is 28.7 Å². The quantitative estimate of drug-likeness (QED) is 0.143. The number of alkyl halides is 2. The first kappa shape index (κ1) is 35.1. The summed E-state index contributed by atoms with van der Waals surface area (Å²) < 4.78 is 5.37. The number of benzene rings is 1. The highest BCUT2D eigenvalue weighted by atomic mass is 35.5. The lowest BCUT2D eigenvalue weighted by atomic mass is 9.85. The Labute approximate surface area is 267 Å². The zero-order valence-corrected chi connectivity index (χ0v) is 26.8. The Morgan fingerprint density at radius 1 is 1.05 bits per heavy atom. The lowest BCUT2D eigenvalue weighted by molar-refractivity contribution is -0.147. The number of halogens is 2. The molecule has 5 atom stereocenters. The number of esters is 1. The van der Waals surface area contributed by atoms with E-state index in [2.05, 4.69) is 16.0 Å². The summed E-state index contributed by atoms with van der Waals surface area (Å²) in [7, 11) is 0. The van der Waals surface area contributed by atoms with Crippen LogP contribution in [0.2, 0.25) is 0 Å². The number of carbonyl (C=O) groups is 6. The second kappa shape index (κ2) is 15.1. The van der Waals surface area contributed by atoms with E-state index < -0.39 is 82.4 Å². The highest BCUT2D eigenvalue weighted by Crippen LogP contribution is 2.35. The van der Waals surface area contributed by atoms with E-state index in [1.165, 1.54) is 4.90 Å². The van der Waals surface area contributed by atoms with E-state index in [4.69, 9.17) is 33.7 Å². The van der Waals surface area contributed by atoms with Crippen LogP contribution in [0.25, 0.3) is 0 Å². The van der Waals surface area contributed by atoms with Gasteiger partial charge in [-0.15, -0.1) is 23.2 Å². The van der Waals surface area contributed by atoms with E-state index in [-0.39, 0.29) is 25.3 Å². The summed E-state index contributed by atoms with van der Waals surface area (Å²) >= 11 is 12.3. The first-order valence-electron chi connectivity index (χ1n) is 14.6. The van der Waals surface area contributed by atoms with Crippen molar-refractivity contribution in [1.82, 2.24) is 20.9 Å². The molecule has 2 aliphatic rings. The van der Waals surface area contributed by atoms with Gasteiger partial charge in [0.15, 0.2) is 0 Å². The third-order valence-electron chi connectivity index (χ3n) is 7.78. The molecule has 5 amide bonds. The Bertz CT molecular complexity index is 1240. The number of Topliss-reactive ketones (excluding diaryl/α,β-unsaturated/α-hetero) is 1. The molecule has 2 fully saturated rings. The Morgan fingerprint density at radius 3 is 2.23 bits per heavy atom. The van der Waals surface area contributed by atoms with Gasteiger partial charge in [-0.25, -0.2) is 4.79 Å². The average molecular weight is 655 g/mol. The van der Waals surface area contributed by atoms with Crippen molar-refractivity contribution in [1.29, 1.82) is 0 Å². The van der Waals surface area contributed by atoms with Gasteiger partial charge < -0.3 is 31.3 Å². The number of ether oxygens (including phenoxy) is 1. The zero-order valence-electron chi connectivity index (χ0n) is 25.3. The smallest absolute Gasteiger partial charge is 0.326 e. The summed E-state index contributed by atoms with van der Waals surface area (Å²) in [6.45, 7) is 6.49. The van der Waals surface area contributed by atoms with Crippen molar-refractivity contribution in [3.63, 3.8) is 0 Å². The number of nitrogens with zero attached hydrogens (tertiary/aromatic N) is 1. The number of likely N-dealkylation sites (tertiary alicyclic amines) is 1. The lowest BCUT2D eigenvalue weighted by Crippen LogP contribution is -2.60. The average Bonchev–Trinajstić information content (AvgIpc) is 3.66. The molecular weight excluding hydrogens is 613 g/mol. The van der Waals surface area contributed by atoms with Gasteiger partial charge in [-0.2, -0.15) is 0 Å². The van der Waals surface area contributed by atoms with Crippen molar-refractivity contribution in [2.75, 3.05) is 13.1 Å². The van der Waals surface area contributed by atoms with Crippen LogP contribution < -0.4 is 21.7 Å². The zero-order chi connectivity index (χ0) is 32.8. The van der Waals surface area contributed by atoms with E-state index in [1.807, 2.05) is 30.3 Å². The van der Waals surface area contributed by atoms with E-state index in [0.29, 0.717) is 0 Å². The molecule has 5 N–H and O–H groups in total. The number of ketones is 1. The fourth-order valence-corrected chi connectivity index (χ4v) is 5.45. The molecule has 1 aromatic rings. The van der Waals surface area contributed by atoms with Gasteiger partial charge in [0.25, 0.3) is 5.91 Å². The summed E-state index contributed by atoms with van der Waals surface area (Å²) in [5.74, 6) is -4.24. The van der Waals surface area contributed by atoms with Crippen LogP contribution in [0.3, 0.4) is 0 Å². The maximum atomic E-state index is 14.0. The Hall–Kier alpha value is -3.38. The topological polar surface area (TPSA) is 177 Å². The van der Waals surface area contributed by atoms with Gasteiger partial charge in [0.2, 0.25) is 17.6 Å². The minimum absolute atomic E-state index is 0.0191. The fourth-order valence-electron chi connectivity index (χ4n) is 5.08. The number of nitrogens with two attached hydrogens (primary N) is 1. The first-order valence-corrected chi connectivity index (χ1v) is 15.5. The highest BCUT2D eigenvalue weighted by molar-refractivity contribution is 6.44. The van der Waals surface area contributed by atoms with Crippen molar-refractivity contribution >= 4 is 58.7 Å². The van der Waals surface area contributed by atoms with Gasteiger partial charge in [-0.3, -0.25) is 24.0 Å². The Kier molecular flexibility index (Phi) is 12.0. The molecule has 44 heavy (non-hydrogen) atoms. The van der Waals surface area contributed by atoms with Crippen molar-refractivity contribution in [3.05, 3.63) is 35.9 Å². The molecule has 1 aliphatic heterocycles. The standard InChI is InChI=1S/C30H41Cl2N5O7/c1-16(18-8-6-5-7-9-18)44-22(38)14-34-29(43)36-24(30(2,3)4)28(42)37-15-19(25(31)32)13-21(37)27(41)35-20(12-17-10-11-17)23(39)26(33)40/h5-9,16-17,19-21,24-25H,10-15H2,1-4H3,(H2,33,40)(H,35,41)(H2,34,36,43)/t16-,19+,20?,21?,24?/m0/s1. The molecule has 3 rings (SSSR count). The monoisotopic (exact) mass is 653 g/mol. The molecule has 14 heteroatoms. The number of primary amides is 1. The highest BCUT2D eigenvalue weighted by Gasteiger charge is 2.47. The minimum atomic E-state index is -1.16. The predicted octanol–water partition coefficient (Wildman–Crippen LogP) is 2.36. The molecule has 0 bridgehead atoms. The maximum Gasteiger partial charge on any atom is 0.326 e. The molecule has 1 aromatic carbocycles. The molecule has 242 valence electrons. The van der Waals surface area contributed by atoms with Crippen LogP contribution in [0.5, 0.6) is 0 Å². The molecule has 12 nitrogen and oxygen atoms in total. The predicted molar refractivity (Wildman–Crippen MR) is 163 cm³/mol. The van der Waals surface area contributed by atoms with Crippen LogP contribution in [0.4, 0.5) is 4.79 Å². The number of hydrogen-bond donors (Lipinski definition) is 4. The number of hydrogen-bond acceptors (Lipinski definition) is 7. The third kappa shape index (κ3) is 9.82. The second-order valence-electron chi connectivity index (χ2n) is 12.5. The van der Waals surface area contributed by atoms with Crippen LogP contribution in [0, 0.1) is 17.3 Å². The summed E-state index contributed by atoms with van der Waals surface area (Å²) in [5, 5.41) is 7.66. The van der Waals surface area contributed by atoms with E-state index >= 15 is 0 Å². The maximum absolute atomic E-state index is 14.0. The first-order chi connectivity index (χ1) is 20.6. The van der Waals surface area contributed by atoms with Crippen molar-refractivity contribution in [2.24, 2.45) is 23.0 Å². The molecule has 1 aliphatic carbocycles. The van der Waals surface area contributed by atoms with Crippen molar-refractivity contribution in [3.8, 4) is 0 Å². The molecule has 1 saturated carbocycles.